The second-order valence-corrected chi connectivity index (χ2v) is 8.62. The van der Waals surface area contributed by atoms with Gasteiger partial charge < -0.3 is 29.1 Å². The number of carbonyl (C=O) groups is 2. The van der Waals surface area contributed by atoms with Gasteiger partial charge in [-0.3, -0.25) is 9.59 Å². The van der Waals surface area contributed by atoms with Crippen LogP contribution >= 0.6 is 11.6 Å². The number of amides is 1. The van der Waals surface area contributed by atoms with E-state index < -0.39 is 17.7 Å². The van der Waals surface area contributed by atoms with Crippen LogP contribution in [0.15, 0.2) is 42.0 Å². The van der Waals surface area contributed by atoms with Gasteiger partial charge in [0.05, 0.1) is 37.5 Å². The van der Waals surface area contributed by atoms with Gasteiger partial charge in [-0.1, -0.05) is 31.5 Å². The Labute approximate surface area is 217 Å². The van der Waals surface area contributed by atoms with Gasteiger partial charge in [0, 0.05) is 18.7 Å². The number of hydrogen-bond acceptors (Lipinski definition) is 7. The third-order valence-electron chi connectivity index (χ3n) is 6.32. The number of aliphatic hydroxyl groups is 1. The molecule has 1 aliphatic heterocycles. The summed E-state index contributed by atoms with van der Waals surface area (Å²) in [5.74, 6) is -0.369. The number of nitrogens with zero attached hydrogens (tertiary/aromatic N) is 2. The number of likely N-dealkylation sites (N-methyl/N-ethyl adjacent to an activating group) is 1. The van der Waals surface area contributed by atoms with Gasteiger partial charge in [-0.25, -0.2) is 0 Å². The zero-order chi connectivity index (χ0) is 26.4. The van der Waals surface area contributed by atoms with Crippen LogP contribution in [0.4, 0.5) is 0 Å². The molecule has 9 heteroatoms. The number of carbonyl (C=O) groups excluding carboxylic acids is 2. The number of likely N-dealkylation sites (tertiary alicyclic amines) is 1. The fourth-order valence-electron chi connectivity index (χ4n) is 4.36. The van der Waals surface area contributed by atoms with Crippen LogP contribution in [0.2, 0.25) is 5.02 Å². The number of Topliss-reactive ketones (excluding diaryl/α,β-unsaturated/α-hetero) is 1. The van der Waals surface area contributed by atoms with Crippen LogP contribution in [0.25, 0.3) is 5.76 Å². The summed E-state index contributed by atoms with van der Waals surface area (Å²) in [6.45, 7) is 8.82. The van der Waals surface area contributed by atoms with Crippen molar-refractivity contribution in [2.45, 2.75) is 26.8 Å². The second kappa shape index (κ2) is 12.1. The van der Waals surface area contributed by atoms with E-state index in [1.54, 1.807) is 36.4 Å². The Balaban J connectivity index is 2.19. The molecule has 1 atom stereocenters. The van der Waals surface area contributed by atoms with E-state index in [0.29, 0.717) is 42.5 Å². The third kappa shape index (κ3) is 5.44. The van der Waals surface area contributed by atoms with Crippen molar-refractivity contribution in [1.29, 1.82) is 0 Å². The van der Waals surface area contributed by atoms with E-state index in [2.05, 4.69) is 4.90 Å². The second-order valence-electron chi connectivity index (χ2n) is 8.21. The average molecular weight is 517 g/mol. The maximum atomic E-state index is 13.3. The molecule has 3 rings (SSSR count). The summed E-state index contributed by atoms with van der Waals surface area (Å²) in [7, 11) is 3.04. The number of benzene rings is 2. The number of rotatable bonds is 11. The molecule has 0 bridgehead atoms. The molecule has 0 radical (unpaired) electrons. The molecule has 0 saturated carbocycles. The molecule has 1 aliphatic rings. The maximum absolute atomic E-state index is 13.3. The smallest absolute Gasteiger partial charge is 0.295 e. The maximum Gasteiger partial charge on any atom is 0.295 e. The lowest BCUT2D eigenvalue weighted by Gasteiger charge is -2.28. The van der Waals surface area contributed by atoms with E-state index in [4.69, 9.17) is 25.8 Å². The highest BCUT2D eigenvalue weighted by molar-refractivity contribution is 6.47. The first-order chi connectivity index (χ1) is 17.3. The lowest BCUT2D eigenvalue weighted by atomic mass is 9.95. The first kappa shape index (κ1) is 27.4. The number of methoxy groups -OCH3 is 2. The number of aliphatic hydroxyl groups excluding tert-OH is 1. The third-order valence-corrected chi connectivity index (χ3v) is 6.65. The van der Waals surface area contributed by atoms with Gasteiger partial charge >= 0.3 is 0 Å². The van der Waals surface area contributed by atoms with Crippen molar-refractivity contribution in [3.8, 4) is 17.2 Å². The molecule has 8 nitrogen and oxygen atoms in total. The zero-order valence-corrected chi connectivity index (χ0v) is 22.1. The average Bonchev–Trinajstić information content (AvgIpc) is 3.14. The standard InChI is InChI=1S/C27H33ClN2O6/c1-6-29(7-2)13-14-30-24(17-9-12-21(34-4)22(15-17)35-5)23(26(32)27(30)33)25(31)19-16-18(36-8-3)10-11-20(19)28/h9-12,15-16,24,31H,6-8,13-14H2,1-5H3/b25-23+. The normalized spacial score (nSPS) is 17.1. The van der Waals surface area contributed by atoms with Crippen LogP contribution < -0.4 is 14.2 Å². The Bertz CT molecular complexity index is 1150. The van der Waals surface area contributed by atoms with Gasteiger partial charge in [-0.15, -0.1) is 0 Å². The van der Waals surface area contributed by atoms with Crippen molar-refractivity contribution in [2.75, 3.05) is 47.0 Å². The molecule has 1 heterocycles. The molecular formula is C27H33ClN2O6. The molecule has 0 aromatic heterocycles. The summed E-state index contributed by atoms with van der Waals surface area (Å²) >= 11 is 6.41. The first-order valence-electron chi connectivity index (χ1n) is 12.0. The van der Waals surface area contributed by atoms with Crippen LogP contribution in [0, 0.1) is 0 Å². The summed E-state index contributed by atoms with van der Waals surface area (Å²) in [6, 6.07) is 9.17. The van der Waals surface area contributed by atoms with Gasteiger partial charge in [0.15, 0.2) is 11.5 Å². The first-order valence-corrected chi connectivity index (χ1v) is 12.3. The Morgan fingerprint density at radius 1 is 1.03 bits per heavy atom. The molecule has 2 aromatic carbocycles. The van der Waals surface area contributed by atoms with Crippen LogP contribution in [-0.4, -0.2) is 73.6 Å². The Hall–Kier alpha value is -3.23. The van der Waals surface area contributed by atoms with E-state index >= 15 is 0 Å². The highest BCUT2D eigenvalue weighted by atomic mass is 35.5. The molecule has 0 spiro atoms. The van der Waals surface area contributed by atoms with E-state index in [0.717, 1.165) is 13.1 Å². The number of halogens is 1. The summed E-state index contributed by atoms with van der Waals surface area (Å²) in [5, 5.41) is 11.6. The lowest BCUT2D eigenvalue weighted by Crippen LogP contribution is -2.38. The van der Waals surface area contributed by atoms with E-state index in [9.17, 15) is 14.7 Å². The van der Waals surface area contributed by atoms with Crippen molar-refractivity contribution in [2.24, 2.45) is 0 Å². The van der Waals surface area contributed by atoms with Gasteiger partial charge in [0.1, 0.15) is 11.5 Å². The molecular weight excluding hydrogens is 484 g/mol. The minimum absolute atomic E-state index is 0.0395. The van der Waals surface area contributed by atoms with Crippen molar-refractivity contribution >= 4 is 29.1 Å². The Morgan fingerprint density at radius 3 is 2.33 bits per heavy atom. The molecule has 1 fully saturated rings. The fourth-order valence-corrected chi connectivity index (χ4v) is 4.56. The van der Waals surface area contributed by atoms with Gasteiger partial charge in [0.2, 0.25) is 0 Å². The van der Waals surface area contributed by atoms with E-state index in [1.165, 1.54) is 19.1 Å². The molecule has 2 aromatic rings. The van der Waals surface area contributed by atoms with Crippen LogP contribution in [0.5, 0.6) is 17.2 Å². The highest BCUT2D eigenvalue weighted by Crippen LogP contribution is 2.43. The Kier molecular flexibility index (Phi) is 9.23. The van der Waals surface area contributed by atoms with Crippen LogP contribution in [0.3, 0.4) is 0 Å². The molecule has 1 N–H and O–H groups in total. The van der Waals surface area contributed by atoms with Gasteiger partial charge in [-0.05, 0) is 55.9 Å². The summed E-state index contributed by atoms with van der Waals surface area (Å²) in [5.41, 5.74) is 0.780. The minimum Gasteiger partial charge on any atom is -0.507 e. The number of hydrogen-bond donors (Lipinski definition) is 1. The topological polar surface area (TPSA) is 88.5 Å². The number of ether oxygens (including phenoxy) is 3. The van der Waals surface area contributed by atoms with Crippen molar-refractivity contribution in [1.82, 2.24) is 9.80 Å². The van der Waals surface area contributed by atoms with Crippen molar-refractivity contribution in [3.05, 3.63) is 58.1 Å². The molecule has 1 amide bonds. The monoisotopic (exact) mass is 516 g/mol. The van der Waals surface area contributed by atoms with Gasteiger partial charge in [0.25, 0.3) is 11.7 Å². The van der Waals surface area contributed by atoms with E-state index in [1.807, 2.05) is 20.8 Å². The highest BCUT2D eigenvalue weighted by Gasteiger charge is 2.46. The fraction of sp³-hybridized carbons (Fsp3) is 0.407. The molecule has 1 unspecified atom stereocenters. The molecule has 0 aliphatic carbocycles. The molecule has 1 saturated heterocycles. The SMILES string of the molecule is CCOc1ccc(Cl)c(/C(O)=C2\C(=O)C(=O)N(CCN(CC)CC)C2c2ccc(OC)c(OC)c2)c1. The Morgan fingerprint density at radius 2 is 1.72 bits per heavy atom. The predicted octanol–water partition coefficient (Wildman–Crippen LogP) is 4.52. The van der Waals surface area contributed by atoms with Crippen LogP contribution in [0.1, 0.15) is 37.9 Å². The van der Waals surface area contributed by atoms with Crippen LogP contribution in [-0.2, 0) is 9.59 Å². The van der Waals surface area contributed by atoms with Crippen molar-refractivity contribution < 1.29 is 28.9 Å². The molecule has 194 valence electrons. The zero-order valence-electron chi connectivity index (χ0n) is 21.3. The summed E-state index contributed by atoms with van der Waals surface area (Å²) in [4.78, 5) is 30.3. The number of ketones is 1. The van der Waals surface area contributed by atoms with E-state index in [-0.39, 0.29) is 21.9 Å². The predicted molar refractivity (Wildman–Crippen MR) is 139 cm³/mol. The summed E-state index contributed by atoms with van der Waals surface area (Å²) in [6.07, 6.45) is 0. The molecule has 36 heavy (non-hydrogen) atoms. The van der Waals surface area contributed by atoms with Gasteiger partial charge in [-0.2, -0.15) is 0 Å². The van der Waals surface area contributed by atoms with Crippen molar-refractivity contribution in [3.63, 3.8) is 0 Å². The largest absolute Gasteiger partial charge is 0.507 e. The summed E-state index contributed by atoms with van der Waals surface area (Å²) < 4.78 is 16.4. The minimum atomic E-state index is -0.841. The lowest BCUT2D eigenvalue weighted by molar-refractivity contribution is -0.140. The quantitative estimate of drug-likeness (QED) is 0.267.